The second kappa shape index (κ2) is 5.56. The van der Waals surface area contributed by atoms with Gasteiger partial charge < -0.3 is 11.1 Å². The van der Waals surface area contributed by atoms with Gasteiger partial charge in [0.05, 0.1) is 6.54 Å². The van der Waals surface area contributed by atoms with Crippen molar-refractivity contribution in [1.29, 1.82) is 0 Å². The summed E-state index contributed by atoms with van der Waals surface area (Å²) in [5.74, 6) is 4.98. The molecule has 0 aliphatic rings. The highest BCUT2D eigenvalue weighted by molar-refractivity contribution is 5.93. The minimum atomic E-state index is -0.481. The number of amides is 2. The lowest BCUT2D eigenvalue weighted by Crippen LogP contribution is -2.19. The average Bonchev–Trinajstić information content (AvgIpc) is 2.24. The van der Waals surface area contributed by atoms with Crippen LogP contribution in [-0.2, 0) is 4.79 Å². The average molecular weight is 216 g/mol. The zero-order valence-corrected chi connectivity index (χ0v) is 8.91. The van der Waals surface area contributed by atoms with Crippen molar-refractivity contribution < 1.29 is 9.59 Å². The molecule has 1 rings (SSSR count). The molecule has 4 heteroatoms. The molecular formula is C12H12N2O2. The Morgan fingerprint density at radius 3 is 2.81 bits per heavy atom. The molecule has 16 heavy (non-hydrogen) atoms. The molecular weight excluding hydrogens is 204 g/mol. The minimum absolute atomic E-state index is 0.125. The van der Waals surface area contributed by atoms with E-state index < -0.39 is 5.91 Å². The Hall–Kier alpha value is -2.28. The van der Waals surface area contributed by atoms with Crippen LogP contribution in [-0.4, -0.2) is 18.4 Å². The lowest BCUT2D eigenvalue weighted by Gasteiger charge is -1.95. The standard InChI is InChI=1S/C12H12N2O2/c1-9(15)14-7-3-5-10-4-2-6-11(8-10)12(13)16/h2,4,6,8H,7H2,1H3,(H2,13,16)(H,14,15). The number of hydrogen-bond acceptors (Lipinski definition) is 2. The van der Waals surface area contributed by atoms with Crippen molar-refractivity contribution >= 4 is 11.8 Å². The summed E-state index contributed by atoms with van der Waals surface area (Å²) in [6, 6.07) is 6.72. The fraction of sp³-hybridized carbons (Fsp3) is 0.167. The Balaban J connectivity index is 2.70. The van der Waals surface area contributed by atoms with Gasteiger partial charge in [-0.2, -0.15) is 0 Å². The van der Waals surface area contributed by atoms with Crippen LogP contribution in [0.3, 0.4) is 0 Å². The Bertz CT molecular complexity index is 469. The van der Waals surface area contributed by atoms with E-state index in [1.807, 2.05) is 0 Å². The van der Waals surface area contributed by atoms with Gasteiger partial charge in [-0.1, -0.05) is 17.9 Å². The molecule has 4 nitrogen and oxygen atoms in total. The van der Waals surface area contributed by atoms with Crippen molar-refractivity contribution in [3.8, 4) is 11.8 Å². The van der Waals surface area contributed by atoms with Gasteiger partial charge in [-0.25, -0.2) is 0 Å². The first-order chi connectivity index (χ1) is 7.59. The van der Waals surface area contributed by atoms with Gasteiger partial charge in [0.1, 0.15) is 0 Å². The topological polar surface area (TPSA) is 72.2 Å². The number of carbonyl (C=O) groups is 2. The molecule has 82 valence electrons. The molecule has 0 fully saturated rings. The quantitative estimate of drug-likeness (QED) is 0.697. The van der Waals surface area contributed by atoms with E-state index in [1.165, 1.54) is 6.92 Å². The summed E-state index contributed by atoms with van der Waals surface area (Å²) in [6.45, 7) is 1.71. The predicted molar refractivity (Wildman–Crippen MR) is 60.5 cm³/mol. The summed E-state index contributed by atoms with van der Waals surface area (Å²) < 4.78 is 0. The lowest BCUT2D eigenvalue weighted by atomic mass is 10.1. The summed E-state index contributed by atoms with van der Waals surface area (Å²) in [5.41, 5.74) is 6.25. The molecule has 1 aromatic carbocycles. The highest BCUT2D eigenvalue weighted by atomic mass is 16.1. The molecule has 0 spiro atoms. The Labute approximate surface area is 93.8 Å². The Morgan fingerprint density at radius 1 is 1.44 bits per heavy atom. The first-order valence-electron chi connectivity index (χ1n) is 4.73. The highest BCUT2D eigenvalue weighted by Crippen LogP contribution is 2.02. The number of nitrogens with one attached hydrogen (secondary N) is 1. The van der Waals surface area contributed by atoms with Gasteiger partial charge in [0, 0.05) is 18.1 Å². The second-order valence-corrected chi connectivity index (χ2v) is 3.16. The van der Waals surface area contributed by atoms with E-state index in [2.05, 4.69) is 17.2 Å². The number of benzene rings is 1. The van der Waals surface area contributed by atoms with Crippen LogP contribution in [0.4, 0.5) is 0 Å². The molecule has 0 aromatic heterocycles. The van der Waals surface area contributed by atoms with Crippen LogP contribution in [0.2, 0.25) is 0 Å². The van der Waals surface area contributed by atoms with Crippen LogP contribution in [0.1, 0.15) is 22.8 Å². The maximum atomic E-state index is 10.9. The van der Waals surface area contributed by atoms with Gasteiger partial charge in [-0.05, 0) is 18.2 Å². The molecule has 0 aliphatic heterocycles. The molecule has 0 bridgehead atoms. The second-order valence-electron chi connectivity index (χ2n) is 3.16. The Morgan fingerprint density at radius 2 is 2.19 bits per heavy atom. The van der Waals surface area contributed by atoms with Crippen LogP contribution < -0.4 is 11.1 Å². The van der Waals surface area contributed by atoms with Crippen LogP contribution in [0, 0.1) is 11.8 Å². The van der Waals surface area contributed by atoms with Gasteiger partial charge in [0.25, 0.3) is 0 Å². The molecule has 0 aliphatic carbocycles. The smallest absolute Gasteiger partial charge is 0.248 e. The molecule has 0 saturated carbocycles. The third-order valence-electron chi connectivity index (χ3n) is 1.81. The number of hydrogen-bond donors (Lipinski definition) is 2. The molecule has 0 unspecified atom stereocenters. The zero-order chi connectivity index (χ0) is 12.0. The van der Waals surface area contributed by atoms with Crippen molar-refractivity contribution in [2.75, 3.05) is 6.54 Å². The lowest BCUT2D eigenvalue weighted by molar-refractivity contribution is -0.118. The summed E-state index contributed by atoms with van der Waals surface area (Å²) >= 11 is 0. The monoisotopic (exact) mass is 216 g/mol. The van der Waals surface area contributed by atoms with Gasteiger partial charge in [-0.15, -0.1) is 0 Å². The maximum absolute atomic E-state index is 10.9. The van der Waals surface area contributed by atoms with E-state index in [-0.39, 0.29) is 12.5 Å². The van der Waals surface area contributed by atoms with E-state index in [9.17, 15) is 9.59 Å². The summed E-state index contributed by atoms with van der Waals surface area (Å²) in [6.07, 6.45) is 0. The maximum Gasteiger partial charge on any atom is 0.248 e. The summed E-state index contributed by atoms with van der Waals surface area (Å²) in [4.78, 5) is 21.4. The molecule has 0 saturated heterocycles. The predicted octanol–water partition coefficient (Wildman–Crippen LogP) is 0.273. The SMILES string of the molecule is CC(=O)NCC#Cc1cccc(C(N)=O)c1. The molecule has 2 amide bonds. The van der Waals surface area contributed by atoms with Crippen molar-refractivity contribution in [3.63, 3.8) is 0 Å². The van der Waals surface area contributed by atoms with Crippen LogP contribution in [0.5, 0.6) is 0 Å². The molecule has 0 radical (unpaired) electrons. The van der Waals surface area contributed by atoms with E-state index in [0.29, 0.717) is 11.1 Å². The molecule has 1 aromatic rings. The van der Waals surface area contributed by atoms with Crippen LogP contribution >= 0.6 is 0 Å². The van der Waals surface area contributed by atoms with E-state index in [0.717, 1.165) is 0 Å². The largest absolute Gasteiger partial charge is 0.366 e. The molecule has 0 heterocycles. The summed E-state index contributed by atoms with van der Waals surface area (Å²) in [7, 11) is 0. The highest BCUT2D eigenvalue weighted by Gasteiger charge is 1.98. The van der Waals surface area contributed by atoms with Crippen molar-refractivity contribution in [2.45, 2.75) is 6.92 Å². The third-order valence-corrected chi connectivity index (χ3v) is 1.81. The van der Waals surface area contributed by atoms with Crippen molar-refractivity contribution in [3.05, 3.63) is 35.4 Å². The normalized spacial score (nSPS) is 8.81. The van der Waals surface area contributed by atoms with Gasteiger partial charge in [-0.3, -0.25) is 9.59 Å². The van der Waals surface area contributed by atoms with Crippen LogP contribution in [0.15, 0.2) is 24.3 Å². The van der Waals surface area contributed by atoms with E-state index in [4.69, 9.17) is 5.73 Å². The van der Waals surface area contributed by atoms with Gasteiger partial charge in [0.15, 0.2) is 0 Å². The first kappa shape index (κ1) is 11.8. The minimum Gasteiger partial charge on any atom is -0.366 e. The molecule has 3 N–H and O–H groups in total. The Kier molecular flexibility index (Phi) is 4.10. The number of rotatable bonds is 2. The summed E-state index contributed by atoms with van der Waals surface area (Å²) in [5, 5.41) is 2.55. The first-order valence-corrected chi connectivity index (χ1v) is 4.73. The number of nitrogens with two attached hydrogens (primary N) is 1. The number of primary amides is 1. The fourth-order valence-electron chi connectivity index (χ4n) is 1.07. The van der Waals surface area contributed by atoms with Crippen LogP contribution in [0.25, 0.3) is 0 Å². The van der Waals surface area contributed by atoms with E-state index in [1.54, 1.807) is 24.3 Å². The zero-order valence-electron chi connectivity index (χ0n) is 8.91. The third kappa shape index (κ3) is 3.84. The van der Waals surface area contributed by atoms with Crippen molar-refractivity contribution in [2.24, 2.45) is 5.73 Å². The van der Waals surface area contributed by atoms with Gasteiger partial charge in [0.2, 0.25) is 11.8 Å². The number of carbonyl (C=O) groups excluding carboxylic acids is 2. The van der Waals surface area contributed by atoms with Gasteiger partial charge >= 0.3 is 0 Å². The van der Waals surface area contributed by atoms with E-state index >= 15 is 0 Å². The van der Waals surface area contributed by atoms with Crippen molar-refractivity contribution in [1.82, 2.24) is 5.32 Å². The fourth-order valence-corrected chi connectivity index (χ4v) is 1.07. The molecule has 0 atom stereocenters.